The smallest absolute Gasteiger partial charge is 0.337 e. The SMILES string of the molecule is COC(=O)C1CN(c2cc(OC)ccc2C(=O)O)C1. The van der Waals surface area contributed by atoms with Crippen LogP contribution in [0.15, 0.2) is 18.2 Å². The molecule has 0 spiro atoms. The fourth-order valence-electron chi connectivity index (χ4n) is 2.07. The van der Waals surface area contributed by atoms with E-state index < -0.39 is 5.97 Å². The third-order valence-electron chi connectivity index (χ3n) is 3.19. The average Bonchev–Trinajstić information content (AvgIpc) is 2.36. The first-order chi connectivity index (χ1) is 9.06. The normalized spacial score (nSPS) is 14.7. The van der Waals surface area contributed by atoms with E-state index in [0.29, 0.717) is 24.5 Å². The number of carboxylic acids is 1. The molecule has 1 N–H and O–H groups in total. The van der Waals surface area contributed by atoms with Crippen molar-refractivity contribution in [1.29, 1.82) is 0 Å². The Hall–Kier alpha value is -2.24. The molecule has 0 bridgehead atoms. The van der Waals surface area contributed by atoms with Crippen molar-refractivity contribution in [3.63, 3.8) is 0 Å². The molecule has 0 unspecified atom stereocenters. The molecule has 1 fully saturated rings. The molecule has 102 valence electrons. The van der Waals surface area contributed by atoms with Crippen molar-refractivity contribution in [1.82, 2.24) is 0 Å². The van der Waals surface area contributed by atoms with Gasteiger partial charge in [0.1, 0.15) is 5.75 Å². The monoisotopic (exact) mass is 265 g/mol. The fourth-order valence-corrected chi connectivity index (χ4v) is 2.07. The zero-order valence-corrected chi connectivity index (χ0v) is 10.8. The minimum Gasteiger partial charge on any atom is -0.497 e. The summed E-state index contributed by atoms with van der Waals surface area (Å²) < 4.78 is 9.75. The van der Waals surface area contributed by atoms with E-state index in [1.807, 2.05) is 4.90 Å². The van der Waals surface area contributed by atoms with Crippen LogP contribution in [-0.4, -0.2) is 44.4 Å². The maximum absolute atomic E-state index is 11.3. The largest absolute Gasteiger partial charge is 0.497 e. The number of hydrogen-bond acceptors (Lipinski definition) is 5. The van der Waals surface area contributed by atoms with Crippen molar-refractivity contribution in [3.05, 3.63) is 23.8 Å². The maximum Gasteiger partial charge on any atom is 0.337 e. The summed E-state index contributed by atoms with van der Waals surface area (Å²) in [4.78, 5) is 24.3. The lowest BCUT2D eigenvalue weighted by atomic mass is 9.98. The van der Waals surface area contributed by atoms with Gasteiger partial charge in [0, 0.05) is 19.2 Å². The predicted molar refractivity (Wildman–Crippen MR) is 67.7 cm³/mol. The summed E-state index contributed by atoms with van der Waals surface area (Å²) in [6.07, 6.45) is 0. The van der Waals surface area contributed by atoms with E-state index in [0.717, 1.165) is 0 Å². The van der Waals surface area contributed by atoms with Gasteiger partial charge < -0.3 is 19.5 Å². The molecule has 1 saturated heterocycles. The number of carbonyl (C=O) groups is 2. The first-order valence-corrected chi connectivity index (χ1v) is 5.81. The Kier molecular flexibility index (Phi) is 3.59. The van der Waals surface area contributed by atoms with Crippen LogP contribution in [0.3, 0.4) is 0 Å². The van der Waals surface area contributed by atoms with E-state index in [1.54, 1.807) is 12.1 Å². The molecule has 0 amide bonds. The van der Waals surface area contributed by atoms with Crippen LogP contribution in [0.2, 0.25) is 0 Å². The molecule has 0 aliphatic carbocycles. The maximum atomic E-state index is 11.3. The van der Waals surface area contributed by atoms with Crippen molar-refractivity contribution >= 4 is 17.6 Å². The van der Waals surface area contributed by atoms with Crippen LogP contribution in [0, 0.1) is 5.92 Å². The van der Waals surface area contributed by atoms with Gasteiger partial charge >= 0.3 is 11.9 Å². The van der Waals surface area contributed by atoms with Gasteiger partial charge in [0.25, 0.3) is 0 Å². The van der Waals surface area contributed by atoms with E-state index in [2.05, 4.69) is 4.74 Å². The number of carbonyl (C=O) groups excluding carboxylic acids is 1. The van der Waals surface area contributed by atoms with Crippen molar-refractivity contribution in [3.8, 4) is 5.75 Å². The number of aromatic carboxylic acids is 1. The van der Waals surface area contributed by atoms with Crippen LogP contribution >= 0.6 is 0 Å². The topological polar surface area (TPSA) is 76.1 Å². The van der Waals surface area contributed by atoms with Gasteiger partial charge in [0.2, 0.25) is 0 Å². The standard InChI is InChI=1S/C13H15NO5/c1-18-9-3-4-10(12(15)16)11(5-9)14-6-8(7-14)13(17)19-2/h3-5,8H,6-7H2,1-2H3,(H,15,16). The molecular formula is C13H15NO5. The predicted octanol–water partition coefficient (Wildman–Crippen LogP) is 1.00. The number of carboxylic acid groups (broad SMARTS) is 1. The lowest BCUT2D eigenvalue weighted by molar-refractivity contribution is -0.146. The van der Waals surface area contributed by atoms with Crippen LogP contribution in [0.25, 0.3) is 0 Å². The van der Waals surface area contributed by atoms with Crippen molar-refractivity contribution < 1.29 is 24.2 Å². The van der Waals surface area contributed by atoms with Crippen LogP contribution in [0.5, 0.6) is 5.75 Å². The Morgan fingerprint density at radius 3 is 2.53 bits per heavy atom. The Labute approximate surface area is 110 Å². The van der Waals surface area contributed by atoms with E-state index in [4.69, 9.17) is 9.84 Å². The zero-order chi connectivity index (χ0) is 14.0. The molecule has 2 rings (SSSR count). The second-order valence-electron chi connectivity index (χ2n) is 4.31. The van der Waals surface area contributed by atoms with Crippen LogP contribution < -0.4 is 9.64 Å². The minimum absolute atomic E-state index is 0.196. The fraction of sp³-hybridized carbons (Fsp3) is 0.385. The molecule has 19 heavy (non-hydrogen) atoms. The average molecular weight is 265 g/mol. The first-order valence-electron chi connectivity index (χ1n) is 5.81. The summed E-state index contributed by atoms with van der Waals surface area (Å²) in [5.74, 6) is -0.880. The molecule has 1 heterocycles. The van der Waals surface area contributed by atoms with Crippen molar-refractivity contribution in [2.24, 2.45) is 5.92 Å². The summed E-state index contributed by atoms with van der Waals surface area (Å²) >= 11 is 0. The highest BCUT2D eigenvalue weighted by atomic mass is 16.5. The third-order valence-corrected chi connectivity index (χ3v) is 3.19. The molecule has 0 atom stereocenters. The van der Waals surface area contributed by atoms with Gasteiger partial charge in [-0.2, -0.15) is 0 Å². The third kappa shape index (κ3) is 2.47. The van der Waals surface area contributed by atoms with E-state index >= 15 is 0 Å². The molecule has 1 aliphatic heterocycles. The van der Waals surface area contributed by atoms with Gasteiger partial charge in [-0.3, -0.25) is 4.79 Å². The number of hydrogen-bond donors (Lipinski definition) is 1. The Morgan fingerprint density at radius 1 is 1.32 bits per heavy atom. The second kappa shape index (κ2) is 5.17. The van der Waals surface area contributed by atoms with Gasteiger partial charge in [0.05, 0.1) is 31.4 Å². The molecule has 0 radical (unpaired) electrons. The zero-order valence-electron chi connectivity index (χ0n) is 10.8. The first kappa shape index (κ1) is 13.2. The number of nitrogens with zero attached hydrogens (tertiary/aromatic N) is 1. The minimum atomic E-state index is -1.00. The number of esters is 1. The van der Waals surface area contributed by atoms with E-state index in [9.17, 15) is 9.59 Å². The molecule has 1 aromatic carbocycles. The van der Waals surface area contributed by atoms with Gasteiger partial charge in [0.15, 0.2) is 0 Å². The molecule has 0 aromatic heterocycles. The highest BCUT2D eigenvalue weighted by Crippen LogP contribution is 2.31. The van der Waals surface area contributed by atoms with Crippen molar-refractivity contribution in [2.45, 2.75) is 0 Å². The molecule has 0 saturated carbocycles. The van der Waals surface area contributed by atoms with E-state index in [1.165, 1.54) is 20.3 Å². The summed E-state index contributed by atoms with van der Waals surface area (Å²) in [6.45, 7) is 0.917. The molecular weight excluding hydrogens is 250 g/mol. The van der Waals surface area contributed by atoms with Crippen LogP contribution in [-0.2, 0) is 9.53 Å². The molecule has 6 heteroatoms. The van der Waals surface area contributed by atoms with Gasteiger partial charge in [-0.15, -0.1) is 0 Å². The summed E-state index contributed by atoms with van der Waals surface area (Å²) in [5, 5.41) is 9.16. The molecule has 1 aliphatic rings. The number of rotatable bonds is 4. The van der Waals surface area contributed by atoms with Crippen molar-refractivity contribution in [2.75, 3.05) is 32.2 Å². The molecule has 1 aromatic rings. The van der Waals surface area contributed by atoms with Gasteiger partial charge in [-0.1, -0.05) is 0 Å². The lowest BCUT2D eigenvalue weighted by Gasteiger charge is -2.39. The number of anilines is 1. The Bertz CT molecular complexity index is 508. The number of benzene rings is 1. The lowest BCUT2D eigenvalue weighted by Crippen LogP contribution is -2.51. The summed E-state index contributed by atoms with van der Waals surface area (Å²) in [6, 6.07) is 4.77. The quantitative estimate of drug-likeness (QED) is 0.819. The number of ether oxygens (including phenoxy) is 2. The summed E-state index contributed by atoms with van der Waals surface area (Å²) in [7, 11) is 2.87. The highest BCUT2D eigenvalue weighted by Gasteiger charge is 2.35. The molecule has 6 nitrogen and oxygen atoms in total. The van der Waals surface area contributed by atoms with Crippen LogP contribution in [0.4, 0.5) is 5.69 Å². The van der Waals surface area contributed by atoms with E-state index in [-0.39, 0.29) is 17.5 Å². The van der Waals surface area contributed by atoms with Crippen LogP contribution in [0.1, 0.15) is 10.4 Å². The Balaban J connectivity index is 2.20. The summed E-state index contributed by atoms with van der Waals surface area (Å²) in [5.41, 5.74) is 0.760. The van der Waals surface area contributed by atoms with Gasteiger partial charge in [-0.05, 0) is 12.1 Å². The Morgan fingerprint density at radius 2 is 2.00 bits per heavy atom. The number of methoxy groups -OCH3 is 2. The van der Waals surface area contributed by atoms with Gasteiger partial charge in [-0.25, -0.2) is 4.79 Å². The highest BCUT2D eigenvalue weighted by molar-refractivity contribution is 5.95. The second-order valence-corrected chi connectivity index (χ2v) is 4.31.